The Morgan fingerprint density at radius 1 is 0.625 bits per heavy atom. The molecular formula is C23H22S. The Morgan fingerprint density at radius 2 is 1.12 bits per heavy atom. The van der Waals surface area contributed by atoms with Crippen LogP contribution < -0.4 is 0 Å². The highest BCUT2D eigenvalue weighted by Gasteiger charge is 2.46. The molecule has 4 aliphatic carbocycles. The minimum Gasteiger partial charge on any atom is -0.0888 e. The van der Waals surface area contributed by atoms with Gasteiger partial charge in [0.2, 0.25) is 0 Å². The standard InChI is InChI=1S/C23H22S/c1-3-7-20-18(5-1)23(19-6-2-4-8-21(19)24-20)22-16-10-14-9-15(12-16)13-17(22)11-14/h1-8,14-17H,9-13H2. The largest absolute Gasteiger partial charge is 0.0888 e. The van der Waals surface area contributed by atoms with E-state index in [1.807, 2.05) is 17.3 Å². The lowest BCUT2D eigenvalue weighted by Gasteiger charge is -2.52. The van der Waals surface area contributed by atoms with Crippen LogP contribution in [0.25, 0.3) is 5.57 Å². The Labute approximate surface area is 148 Å². The van der Waals surface area contributed by atoms with E-state index in [-0.39, 0.29) is 0 Å². The smallest absolute Gasteiger partial charge is 0.0201 e. The summed E-state index contributed by atoms with van der Waals surface area (Å²) in [5.41, 5.74) is 6.46. The molecule has 4 saturated carbocycles. The van der Waals surface area contributed by atoms with Gasteiger partial charge in [0.05, 0.1) is 0 Å². The molecule has 0 unspecified atom stereocenters. The number of hydrogen-bond acceptors (Lipinski definition) is 1. The summed E-state index contributed by atoms with van der Waals surface area (Å²) in [5.74, 6) is 3.78. The van der Waals surface area contributed by atoms with Crippen LogP contribution in [0.3, 0.4) is 0 Å². The first-order chi connectivity index (χ1) is 11.9. The van der Waals surface area contributed by atoms with Gasteiger partial charge in [-0.2, -0.15) is 0 Å². The Hall–Kier alpha value is -1.47. The third-order valence-corrected chi connectivity index (χ3v) is 7.99. The minimum atomic E-state index is 0.862. The minimum absolute atomic E-state index is 0.862. The third kappa shape index (κ3) is 1.88. The lowest BCUT2D eigenvalue weighted by atomic mass is 9.53. The second-order valence-corrected chi connectivity index (χ2v) is 9.31. The molecule has 5 aliphatic rings. The summed E-state index contributed by atoms with van der Waals surface area (Å²) in [6.45, 7) is 0. The van der Waals surface area contributed by atoms with Crippen molar-refractivity contribution in [2.24, 2.45) is 23.7 Å². The van der Waals surface area contributed by atoms with Gasteiger partial charge in [-0.15, -0.1) is 0 Å². The van der Waals surface area contributed by atoms with E-state index in [1.54, 1.807) is 5.57 Å². The van der Waals surface area contributed by atoms with Crippen molar-refractivity contribution in [3.8, 4) is 0 Å². The summed E-state index contributed by atoms with van der Waals surface area (Å²) < 4.78 is 0. The van der Waals surface area contributed by atoms with Crippen LogP contribution >= 0.6 is 11.8 Å². The normalized spacial score (nSPS) is 32.7. The first kappa shape index (κ1) is 13.8. The predicted molar refractivity (Wildman–Crippen MR) is 100 cm³/mol. The number of allylic oxidation sites excluding steroid dienone is 1. The Bertz CT molecular complexity index is 782. The van der Waals surface area contributed by atoms with Crippen LogP contribution in [-0.2, 0) is 0 Å². The molecule has 7 rings (SSSR count). The maximum atomic E-state index is 2.37. The fourth-order valence-electron chi connectivity index (χ4n) is 6.20. The number of rotatable bonds is 0. The molecule has 0 atom stereocenters. The fraction of sp³-hybridized carbons (Fsp3) is 0.391. The molecule has 0 aromatic heterocycles. The summed E-state index contributed by atoms with van der Waals surface area (Å²) in [7, 11) is 0. The highest BCUT2D eigenvalue weighted by atomic mass is 32.2. The van der Waals surface area contributed by atoms with E-state index >= 15 is 0 Å². The van der Waals surface area contributed by atoms with Gasteiger partial charge in [-0.1, -0.05) is 53.7 Å². The quantitative estimate of drug-likeness (QED) is 0.459. The molecule has 1 heterocycles. The number of hydrogen-bond donors (Lipinski definition) is 0. The molecule has 0 amide bonds. The SMILES string of the molecule is c1ccc2c(c1)Sc1ccccc1C2=C1C2CC3CC(C2)CC1C3. The van der Waals surface area contributed by atoms with E-state index in [9.17, 15) is 0 Å². The zero-order chi connectivity index (χ0) is 15.7. The van der Waals surface area contributed by atoms with Crippen molar-refractivity contribution in [3.63, 3.8) is 0 Å². The maximum absolute atomic E-state index is 2.37. The Morgan fingerprint density at radius 3 is 1.67 bits per heavy atom. The van der Waals surface area contributed by atoms with Crippen molar-refractivity contribution in [2.75, 3.05) is 0 Å². The van der Waals surface area contributed by atoms with Crippen molar-refractivity contribution >= 4 is 17.3 Å². The highest BCUT2D eigenvalue weighted by Crippen LogP contribution is 2.60. The van der Waals surface area contributed by atoms with Crippen LogP contribution in [0, 0.1) is 23.7 Å². The van der Waals surface area contributed by atoms with Crippen molar-refractivity contribution < 1.29 is 0 Å². The molecular weight excluding hydrogens is 308 g/mol. The van der Waals surface area contributed by atoms with Gasteiger partial charge in [-0.3, -0.25) is 0 Å². The maximum Gasteiger partial charge on any atom is 0.0201 e. The van der Waals surface area contributed by atoms with E-state index in [4.69, 9.17) is 0 Å². The van der Waals surface area contributed by atoms with Gasteiger partial charge in [0.25, 0.3) is 0 Å². The second-order valence-electron chi connectivity index (χ2n) is 8.23. The van der Waals surface area contributed by atoms with Gasteiger partial charge in [0, 0.05) is 9.79 Å². The molecule has 2 aromatic carbocycles. The van der Waals surface area contributed by atoms with Crippen molar-refractivity contribution in [2.45, 2.75) is 41.9 Å². The molecule has 0 N–H and O–H groups in total. The Kier molecular flexibility index (Phi) is 2.88. The lowest BCUT2D eigenvalue weighted by Crippen LogP contribution is -2.41. The van der Waals surface area contributed by atoms with Crippen molar-refractivity contribution in [1.82, 2.24) is 0 Å². The molecule has 1 heteroatoms. The summed E-state index contributed by atoms with van der Waals surface area (Å²) in [6.07, 6.45) is 7.37. The van der Waals surface area contributed by atoms with Crippen molar-refractivity contribution in [3.05, 3.63) is 65.2 Å². The monoisotopic (exact) mass is 330 g/mol. The first-order valence-electron chi connectivity index (χ1n) is 9.47. The molecule has 4 bridgehead atoms. The molecule has 0 spiro atoms. The molecule has 24 heavy (non-hydrogen) atoms. The predicted octanol–water partition coefficient (Wildman–Crippen LogP) is 6.41. The highest BCUT2D eigenvalue weighted by molar-refractivity contribution is 7.99. The van der Waals surface area contributed by atoms with E-state index in [2.05, 4.69) is 48.5 Å². The summed E-state index contributed by atoms with van der Waals surface area (Å²) in [5, 5.41) is 0. The van der Waals surface area contributed by atoms with Gasteiger partial charge in [0.1, 0.15) is 0 Å². The summed E-state index contributed by atoms with van der Waals surface area (Å²) in [6, 6.07) is 18.2. The Balaban J connectivity index is 1.63. The van der Waals surface area contributed by atoms with Crippen LogP contribution in [-0.4, -0.2) is 0 Å². The van der Waals surface area contributed by atoms with Crippen LogP contribution in [0.2, 0.25) is 0 Å². The van der Waals surface area contributed by atoms with Gasteiger partial charge in [-0.05, 0) is 84.6 Å². The van der Waals surface area contributed by atoms with Gasteiger partial charge in [0.15, 0.2) is 0 Å². The molecule has 2 aromatic rings. The number of fused-ring (bicyclic) bond motifs is 2. The topological polar surface area (TPSA) is 0 Å². The third-order valence-electron chi connectivity index (χ3n) is 6.84. The molecule has 0 radical (unpaired) electrons. The van der Waals surface area contributed by atoms with Crippen LogP contribution in [0.4, 0.5) is 0 Å². The van der Waals surface area contributed by atoms with Gasteiger partial charge < -0.3 is 0 Å². The lowest BCUT2D eigenvalue weighted by molar-refractivity contribution is 0.0705. The van der Waals surface area contributed by atoms with Crippen LogP contribution in [0.5, 0.6) is 0 Å². The second kappa shape index (κ2) is 5.02. The zero-order valence-corrected chi connectivity index (χ0v) is 14.7. The van der Waals surface area contributed by atoms with E-state index in [1.165, 1.54) is 53.0 Å². The zero-order valence-electron chi connectivity index (χ0n) is 13.9. The average Bonchev–Trinajstić information content (AvgIpc) is 2.60. The molecule has 0 nitrogen and oxygen atoms in total. The van der Waals surface area contributed by atoms with E-state index in [0.29, 0.717) is 0 Å². The summed E-state index contributed by atoms with van der Waals surface area (Å²) >= 11 is 1.95. The molecule has 120 valence electrons. The molecule has 0 saturated heterocycles. The van der Waals surface area contributed by atoms with Crippen LogP contribution in [0.1, 0.15) is 43.2 Å². The first-order valence-corrected chi connectivity index (χ1v) is 10.3. The fourth-order valence-corrected chi connectivity index (χ4v) is 7.29. The van der Waals surface area contributed by atoms with E-state index < -0.39 is 0 Å². The molecule has 1 aliphatic heterocycles. The van der Waals surface area contributed by atoms with Gasteiger partial charge in [-0.25, -0.2) is 0 Å². The average molecular weight is 330 g/mol. The van der Waals surface area contributed by atoms with E-state index in [0.717, 1.165) is 23.7 Å². The molecule has 4 fully saturated rings. The number of benzene rings is 2. The summed E-state index contributed by atoms with van der Waals surface area (Å²) in [4.78, 5) is 2.90. The van der Waals surface area contributed by atoms with Crippen molar-refractivity contribution in [1.29, 1.82) is 0 Å². The van der Waals surface area contributed by atoms with Crippen LogP contribution in [0.15, 0.2) is 63.9 Å². The van der Waals surface area contributed by atoms with Gasteiger partial charge >= 0.3 is 0 Å².